The summed E-state index contributed by atoms with van der Waals surface area (Å²) in [5.74, 6) is 4.00. The van der Waals surface area contributed by atoms with Crippen LogP contribution >= 0.6 is 0 Å². The van der Waals surface area contributed by atoms with Crippen LogP contribution in [0.25, 0.3) is 0 Å². The fourth-order valence-electron chi connectivity index (χ4n) is 0.846. The van der Waals surface area contributed by atoms with E-state index in [1.807, 2.05) is 0 Å². The van der Waals surface area contributed by atoms with E-state index in [0.29, 0.717) is 0 Å². The van der Waals surface area contributed by atoms with E-state index in [9.17, 15) is 0 Å². The molecule has 0 aromatic heterocycles. The van der Waals surface area contributed by atoms with Crippen molar-refractivity contribution in [3.05, 3.63) is 0 Å². The normalized spacial score (nSPS) is 21.0. The predicted octanol–water partition coefficient (Wildman–Crippen LogP) is -2.34. The molecule has 1 saturated heterocycles. The van der Waals surface area contributed by atoms with Gasteiger partial charge in [0, 0.05) is 0 Å². The van der Waals surface area contributed by atoms with Crippen LogP contribution < -0.4 is 24.0 Å². The minimum atomic E-state index is 0. The van der Waals surface area contributed by atoms with E-state index in [2.05, 4.69) is 6.92 Å². The van der Waals surface area contributed by atoms with Crippen LogP contribution in [0.15, 0.2) is 0 Å². The second kappa shape index (κ2) is 5.80. The molecule has 0 amide bonds. The van der Waals surface area contributed by atoms with E-state index in [4.69, 9.17) is 4.74 Å². The number of ether oxygens (including phenoxy) is 1. The minimum absolute atomic E-state index is 0. The predicted molar refractivity (Wildman–Crippen MR) is 38.5 cm³/mol. The van der Waals surface area contributed by atoms with Crippen molar-refractivity contribution in [2.45, 2.75) is 6.92 Å². The Morgan fingerprint density at radius 2 is 1.89 bits per heavy atom. The third kappa shape index (κ3) is 3.68. The summed E-state index contributed by atoms with van der Waals surface area (Å²) in [5.41, 5.74) is 0. The number of hydrogen-bond acceptors (Lipinski definition) is 1. The van der Waals surface area contributed by atoms with E-state index >= 15 is 0 Å². The van der Waals surface area contributed by atoms with Crippen LogP contribution in [0.1, 0.15) is 6.92 Å². The van der Waals surface area contributed by atoms with E-state index in [1.165, 1.54) is 17.3 Å². The topological polar surface area (TPSA) is 9.23 Å². The molecule has 0 saturated carbocycles. The molecule has 0 radical (unpaired) electrons. The number of rotatable bonds is 1. The first-order chi connectivity index (χ1) is 3.93. The molecule has 0 N–H and O–H groups in total. The highest BCUT2D eigenvalue weighted by Crippen LogP contribution is 2.01. The van der Waals surface area contributed by atoms with Crippen LogP contribution in [0.5, 0.6) is 0 Å². The second-order valence-electron chi connectivity index (χ2n) is 1.92. The SMILES string of the molecule is CC[S+]1CCOCC1.[I-]. The van der Waals surface area contributed by atoms with Crippen molar-refractivity contribution >= 4 is 10.9 Å². The number of halogens is 1. The summed E-state index contributed by atoms with van der Waals surface area (Å²) >= 11 is 0. The molecule has 1 nitrogen and oxygen atoms in total. The van der Waals surface area contributed by atoms with Crippen LogP contribution in [-0.2, 0) is 15.6 Å². The molecule has 0 spiro atoms. The van der Waals surface area contributed by atoms with Gasteiger partial charge in [-0.2, -0.15) is 0 Å². The molecular weight excluding hydrogens is 247 g/mol. The van der Waals surface area contributed by atoms with Crippen molar-refractivity contribution in [2.75, 3.05) is 30.5 Å². The Morgan fingerprint density at radius 3 is 2.22 bits per heavy atom. The van der Waals surface area contributed by atoms with Crippen molar-refractivity contribution in [2.24, 2.45) is 0 Å². The summed E-state index contributed by atoms with van der Waals surface area (Å²) in [5, 5.41) is 0. The molecule has 9 heavy (non-hydrogen) atoms. The molecule has 0 aliphatic carbocycles. The van der Waals surface area contributed by atoms with Gasteiger partial charge < -0.3 is 28.7 Å². The van der Waals surface area contributed by atoms with Gasteiger partial charge in [-0.3, -0.25) is 0 Å². The van der Waals surface area contributed by atoms with Crippen LogP contribution in [0.2, 0.25) is 0 Å². The van der Waals surface area contributed by atoms with Crippen LogP contribution in [-0.4, -0.2) is 30.5 Å². The fourth-order valence-corrected chi connectivity index (χ4v) is 2.33. The molecule has 1 fully saturated rings. The summed E-state index contributed by atoms with van der Waals surface area (Å²) in [4.78, 5) is 0. The Bertz CT molecular complexity index is 64.1. The Morgan fingerprint density at radius 1 is 1.33 bits per heavy atom. The Labute approximate surface area is 76.9 Å². The van der Waals surface area contributed by atoms with Gasteiger partial charge in [-0.1, -0.05) is 0 Å². The number of hydrogen-bond donors (Lipinski definition) is 0. The van der Waals surface area contributed by atoms with Crippen molar-refractivity contribution < 1.29 is 28.7 Å². The Hall–Kier alpha value is 1.04. The molecule has 0 unspecified atom stereocenters. The van der Waals surface area contributed by atoms with Gasteiger partial charge in [-0.05, 0) is 17.8 Å². The summed E-state index contributed by atoms with van der Waals surface area (Å²) in [6, 6.07) is 0. The lowest BCUT2D eigenvalue weighted by molar-refractivity contribution is -0.00000251. The van der Waals surface area contributed by atoms with Gasteiger partial charge in [0.2, 0.25) is 0 Å². The molecule has 56 valence electrons. The average Bonchev–Trinajstić information content (AvgIpc) is 1.90. The van der Waals surface area contributed by atoms with Gasteiger partial charge in [-0.15, -0.1) is 0 Å². The molecule has 0 bridgehead atoms. The molecule has 1 heterocycles. The van der Waals surface area contributed by atoms with E-state index in [0.717, 1.165) is 24.1 Å². The lowest BCUT2D eigenvalue weighted by Crippen LogP contribution is -3.00. The maximum Gasteiger partial charge on any atom is 0.131 e. The first-order valence-corrected chi connectivity index (χ1v) is 4.88. The maximum atomic E-state index is 5.21. The van der Waals surface area contributed by atoms with Crippen molar-refractivity contribution in [1.82, 2.24) is 0 Å². The Balaban J connectivity index is 0.000000640. The first kappa shape index (κ1) is 10.0. The van der Waals surface area contributed by atoms with Gasteiger partial charge >= 0.3 is 0 Å². The third-order valence-corrected chi connectivity index (χ3v) is 3.75. The molecule has 0 atom stereocenters. The highest BCUT2D eigenvalue weighted by atomic mass is 127. The highest BCUT2D eigenvalue weighted by Gasteiger charge is 2.18. The van der Waals surface area contributed by atoms with Crippen LogP contribution in [0, 0.1) is 0 Å². The Kier molecular flexibility index (Phi) is 6.47. The molecule has 1 rings (SSSR count). The zero-order valence-electron chi connectivity index (χ0n) is 5.73. The van der Waals surface area contributed by atoms with Crippen molar-refractivity contribution in [3.63, 3.8) is 0 Å². The van der Waals surface area contributed by atoms with Crippen molar-refractivity contribution in [3.8, 4) is 0 Å². The summed E-state index contributed by atoms with van der Waals surface area (Å²) in [6.07, 6.45) is 0. The highest BCUT2D eigenvalue weighted by molar-refractivity contribution is 7.96. The standard InChI is InChI=1S/C6H13OS.HI/c1-2-8-5-3-7-4-6-8;/h2-6H2,1H3;1H/q+1;/p-1. The largest absolute Gasteiger partial charge is 1.00 e. The first-order valence-electron chi connectivity index (χ1n) is 3.15. The minimum Gasteiger partial charge on any atom is -1.00 e. The zero-order chi connectivity index (χ0) is 5.82. The zero-order valence-corrected chi connectivity index (χ0v) is 8.70. The van der Waals surface area contributed by atoms with Gasteiger partial charge in [0.25, 0.3) is 0 Å². The van der Waals surface area contributed by atoms with Crippen molar-refractivity contribution in [1.29, 1.82) is 0 Å². The quantitative estimate of drug-likeness (QED) is 0.379. The van der Waals surface area contributed by atoms with Gasteiger partial charge in [0.15, 0.2) is 0 Å². The maximum absolute atomic E-state index is 5.21. The fraction of sp³-hybridized carbons (Fsp3) is 1.00. The van der Waals surface area contributed by atoms with Gasteiger partial charge in [0.1, 0.15) is 17.3 Å². The third-order valence-electron chi connectivity index (χ3n) is 1.44. The van der Waals surface area contributed by atoms with E-state index in [-0.39, 0.29) is 24.0 Å². The summed E-state index contributed by atoms with van der Waals surface area (Å²) in [6.45, 7) is 4.29. The lowest BCUT2D eigenvalue weighted by Gasteiger charge is -2.11. The van der Waals surface area contributed by atoms with Gasteiger partial charge in [-0.25, -0.2) is 0 Å². The second-order valence-corrected chi connectivity index (χ2v) is 4.54. The van der Waals surface area contributed by atoms with E-state index in [1.54, 1.807) is 0 Å². The summed E-state index contributed by atoms with van der Waals surface area (Å²) in [7, 11) is 0.723. The average molecular weight is 260 g/mol. The van der Waals surface area contributed by atoms with Gasteiger partial charge in [0.05, 0.1) is 13.2 Å². The lowest BCUT2D eigenvalue weighted by atomic mass is 10.8. The molecule has 0 aromatic carbocycles. The molecule has 3 heteroatoms. The smallest absolute Gasteiger partial charge is 0.131 e. The van der Waals surface area contributed by atoms with Crippen LogP contribution in [0.4, 0.5) is 0 Å². The molecule has 1 aliphatic heterocycles. The monoisotopic (exact) mass is 260 g/mol. The summed E-state index contributed by atoms with van der Waals surface area (Å²) < 4.78 is 5.21. The van der Waals surface area contributed by atoms with E-state index < -0.39 is 0 Å². The molecule has 0 aromatic rings. The molecular formula is C6H13IOS. The van der Waals surface area contributed by atoms with Crippen LogP contribution in [0.3, 0.4) is 0 Å². The molecule has 1 aliphatic rings.